The molecule has 0 saturated carbocycles. The topological polar surface area (TPSA) is 186 Å². The molecule has 1 aliphatic heterocycles. The molecular weight excluding hydrogens is 729 g/mol. The standard InChI is InChI=1S/C42H80O12S/c1-3-5-7-9-11-13-15-16-17-18-19-20-21-23-25-27-29-31-38(44)53-35(32-51-37(43)30-28-26-24-22-14-12-10-8-6-4-2)33-52-42-41(47)40(46)39(45)36(54-42)34-55(48,49)50/h35-36,39-42,45-47H,3-34H2,1-2H3,(H,48,49,50)/t35-,36-,39-,40?,41?,42+/m1/s1. The summed E-state index contributed by atoms with van der Waals surface area (Å²) in [7, 11) is -4.59. The molecule has 4 N–H and O–H groups in total. The van der Waals surface area contributed by atoms with Crippen LogP contribution in [0.3, 0.4) is 0 Å². The minimum Gasteiger partial charge on any atom is -0.462 e. The molecule has 326 valence electrons. The van der Waals surface area contributed by atoms with Gasteiger partial charge in [-0.3, -0.25) is 14.1 Å². The first-order valence-electron chi connectivity index (χ1n) is 22.1. The Morgan fingerprint density at radius 1 is 0.545 bits per heavy atom. The number of aliphatic hydroxyl groups excluding tert-OH is 3. The fraction of sp³-hybridized carbons (Fsp3) is 0.952. The molecule has 1 aliphatic rings. The van der Waals surface area contributed by atoms with Gasteiger partial charge in [-0.2, -0.15) is 8.42 Å². The van der Waals surface area contributed by atoms with Crippen LogP contribution in [-0.4, -0.2) is 96.0 Å². The molecule has 0 aliphatic carbocycles. The van der Waals surface area contributed by atoms with Gasteiger partial charge in [0.2, 0.25) is 0 Å². The second kappa shape index (κ2) is 33.6. The van der Waals surface area contributed by atoms with E-state index in [1.165, 1.54) is 122 Å². The maximum atomic E-state index is 12.8. The van der Waals surface area contributed by atoms with Crippen LogP contribution in [0.5, 0.6) is 0 Å². The molecule has 0 aromatic rings. The lowest BCUT2D eigenvalue weighted by molar-refractivity contribution is -0.297. The van der Waals surface area contributed by atoms with Gasteiger partial charge in [-0.1, -0.05) is 174 Å². The summed E-state index contributed by atoms with van der Waals surface area (Å²) >= 11 is 0. The summed E-state index contributed by atoms with van der Waals surface area (Å²) in [6.07, 6.45) is 23.0. The van der Waals surface area contributed by atoms with Crippen molar-refractivity contribution in [3.63, 3.8) is 0 Å². The molecule has 13 heteroatoms. The van der Waals surface area contributed by atoms with Crippen molar-refractivity contribution in [2.45, 2.75) is 237 Å². The molecule has 1 saturated heterocycles. The lowest BCUT2D eigenvalue weighted by Crippen LogP contribution is -2.60. The molecule has 2 unspecified atom stereocenters. The van der Waals surface area contributed by atoms with E-state index in [9.17, 15) is 37.9 Å². The summed E-state index contributed by atoms with van der Waals surface area (Å²) in [5, 5.41) is 30.8. The summed E-state index contributed by atoms with van der Waals surface area (Å²) in [5.41, 5.74) is 0. The summed E-state index contributed by atoms with van der Waals surface area (Å²) in [5.74, 6) is -1.97. The number of unbranched alkanes of at least 4 members (excludes halogenated alkanes) is 25. The monoisotopic (exact) mass is 809 g/mol. The van der Waals surface area contributed by atoms with Crippen molar-refractivity contribution >= 4 is 22.1 Å². The Labute approximate surface area is 333 Å². The highest BCUT2D eigenvalue weighted by atomic mass is 32.2. The van der Waals surface area contributed by atoms with E-state index in [1.807, 2.05) is 0 Å². The van der Waals surface area contributed by atoms with Gasteiger partial charge >= 0.3 is 11.9 Å². The third-order valence-electron chi connectivity index (χ3n) is 10.4. The van der Waals surface area contributed by atoms with Gasteiger partial charge in [0.15, 0.2) is 12.4 Å². The van der Waals surface area contributed by atoms with Crippen molar-refractivity contribution < 1.29 is 56.8 Å². The van der Waals surface area contributed by atoms with Gasteiger partial charge in [-0.25, -0.2) is 0 Å². The molecule has 12 nitrogen and oxygen atoms in total. The first-order chi connectivity index (χ1) is 26.5. The molecule has 0 bridgehead atoms. The fourth-order valence-corrected chi connectivity index (χ4v) is 7.66. The Balaban J connectivity index is 2.42. The van der Waals surface area contributed by atoms with Gasteiger partial charge < -0.3 is 34.3 Å². The van der Waals surface area contributed by atoms with Gasteiger partial charge in [-0.05, 0) is 12.8 Å². The highest BCUT2D eigenvalue weighted by molar-refractivity contribution is 7.85. The van der Waals surface area contributed by atoms with E-state index < -0.39 is 71.2 Å². The van der Waals surface area contributed by atoms with Gasteiger partial charge in [0.05, 0.1) is 6.61 Å². The molecule has 0 radical (unpaired) electrons. The van der Waals surface area contributed by atoms with E-state index in [-0.39, 0.29) is 19.4 Å². The SMILES string of the molecule is CCCCCCCCCCCCCCCCCCCC(=O)O[C@H](COC(=O)CCCCCCCCCCCC)CO[C@H]1O[C@H](CS(=O)(=O)O)[C@@H](O)C(O)C1O. The third kappa shape index (κ3) is 28.7. The average Bonchev–Trinajstić information content (AvgIpc) is 3.14. The van der Waals surface area contributed by atoms with E-state index in [0.29, 0.717) is 12.8 Å². The number of hydrogen-bond acceptors (Lipinski definition) is 11. The van der Waals surface area contributed by atoms with Gasteiger partial charge in [0, 0.05) is 12.8 Å². The third-order valence-corrected chi connectivity index (χ3v) is 11.2. The minimum absolute atomic E-state index is 0.172. The highest BCUT2D eigenvalue weighted by Gasteiger charge is 2.46. The minimum atomic E-state index is -4.59. The number of esters is 2. The molecule has 1 rings (SSSR count). The summed E-state index contributed by atoms with van der Waals surface area (Å²) in [4.78, 5) is 25.3. The number of hydrogen-bond donors (Lipinski definition) is 4. The fourth-order valence-electron chi connectivity index (χ4n) is 6.97. The van der Waals surface area contributed by atoms with Crippen molar-refractivity contribution in [1.29, 1.82) is 0 Å². The van der Waals surface area contributed by atoms with Crippen LogP contribution in [0.2, 0.25) is 0 Å². The molecule has 0 aromatic heterocycles. The highest BCUT2D eigenvalue weighted by Crippen LogP contribution is 2.24. The van der Waals surface area contributed by atoms with E-state index in [4.69, 9.17) is 18.9 Å². The molecule has 0 aromatic carbocycles. The Kier molecular flexibility index (Phi) is 31.6. The number of carbonyl (C=O) groups excluding carboxylic acids is 2. The zero-order chi connectivity index (χ0) is 40.6. The van der Waals surface area contributed by atoms with Crippen LogP contribution in [0.4, 0.5) is 0 Å². The average molecular weight is 809 g/mol. The summed E-state index contributed by atoms with van der Waals surface area (Å²) in [6, 6.07) is 0. The van der Waals surface area contributed by atoms with E-state index >= 15 is 0 Å². The van der Waals surface area contributed by atoms with Crippen LogP contribution in [-0.2, 0) is 38.7 Å². The van der Waals surface area contributed by atoms with Crippen molar-refractivity contribution in [3.8, 4) is 0 Å². The molecule has 1 heterocycles. The second-order valence-electron chi connectivity index (χ2n) is 15.7. The maximum absolute atomic E-state index is 12.8. The summed E-state index contributed by atoms with van der Waals surface area (Å²) in [6.45, 7) is 3.76. The number of ether oxygens (including phenoxy) is 4. The Hall–Kier alpha value is -1.35. The van der Waals surface area contributed by atoms with Crippen molar-refractivity contribution in [2.75, 3.05) is 19.0 Å². The van der Waals surface area contributed by atoms with Crippen LogP contribution in [0.25, 0.3) is 0 Å². The lowest BCUT2D eigenvalue weighted by Gasteiger charge is -2.40. The number of aliphatic hydroxyl groups is 3. The summed E-state index contributed by atoms with van der Waals surface area (Å²) < 4.78 is 53.9. The molecule has 0 spiro atoms. The zero-order valence-electron chi connectivity index (χ0n) is 34.6. The number of carbonyl (C=O) groups is 2. The normalized spacial score (nSPS) is 20.7. The molecule has 0 amide bonds. The van der Waals surface area contributed by atoms with Gasteiger partial charge in [0.1, 0.15) is 36.8 Å². The van der Waals surface area contributed by atoms with Crippen molar-refractivity contribution in [3.05, 3.63) is 0 Å². The Bertz CT molecular complexity index is 1040. The van der Waals surface area contributed by atoms with Crippen molar-refractivity contribution in [1.82, 2.24) is 0 Å². The quantitative estimate of drug-likeness (QED) is 0.0267. The van der Waals surface area contributed by atoms with Crippen LogP contribution in [0.15, 0.2) is 0 Å². The zero-order valence-corrected chi connectivity index (χ0v) is 35.4. The van der Waals surface area contributed by atoms with E-state index in [2.05, 4.69) is 13.8 Å². The first-order valence-corrected chi connectivity index (χ1v) is 23.7. The van der Waals surface area contributed by atoms with Crippen molar-refractivity contribution in [2.24, 2.45) is 0 Å². The van der Waals surface area contributed by atoms with E-state index in [1.54, 1.807) is 0 Å². The molecule has 1 fully saturated rings. The molecule has 6 atom stereocenters. The van der Waals surface area contributed by atoms with Crippen LogP contribution in [0, 0.1) is 0 Å². The Morgan fingerprint density at radius 3 is 1.33 bits per heavy atom. The molecule has 55 heavy (non-hydrogen) atoms. The second-order valence-corrected chi connectivity index (χ2v) is 17.2. The van der Waals surface area contributed by atoms with Crippen LogP contribution < -0.4 is 0 Å². The lowest BCUT2D eigenvalue weighted by atomic mass is 10.00. The predicted octanol–water partition coefficient (Wildman–Crippen LogP) is 8.51. The largest absolute Gasteiger partial charge is 0.462 e. The van der Waals surface area contributed by atoms with Gasteiger partial charge in [-0.15, -0.1) is 0 Å². The van der Waals surface area contributed by atoms with Crippen LogP contribution in [0.1, 0.15) is 200 Å². The Morgan fingerprint density at radius 2 is 0.927 bits per heavy atom. The first kappa shape index (κ1) is 51.7. The van der Waals surface area contributed by atoms with Crippen LogP contribution >= 0.6 is 0 Å². The predicted molar refractivity (Wildman–Crippen MR) is 215 cm³/mol. The van der Waals surface area contributed by atoms with Gasteiger partial charge in [0.25, 0.3) is 10.1 Å². The smallest absolute Gasteiger partial charge is 0.306 e. The maximum Gasteiger partial charge on any atom is 0.306 e. The number of rotatable bonds is 37. The van der Waals surface area contributed by atoms with E-state index in [0.717, 1.165) is 38.5 Å². The molecular formula is C42H80O12S.